The molecule has 0 radical (unpaired) electrons. The summed E-state index contributed by atoms with van der Waals surface area (Å²) in [6, 6.07) is 8.04. The van der Waals surface area contributed by atoms with Crippen LogP contribution in [0.15, 0.2) is 24.3 Å². The van der Waals surface area contributed by atoms with Crippen LogP contribution in [0.4, 0.5) is 5.95 Å². The molecule has 1 aromatic heterocycles. The maximum Gasteiger partial charge on any atom is 0.356 e. The summed E-state index contributed by atoms with van der Waals surface area (Å²) in [5, 5.41) is 0. The van der Waals surface area contributed by atoms with E-state index in [1.807, 2.05) is 22.8 Å². The number of aryl methyl sites for hydroxylation is 1. The van der Waals surface area contributed by atoms with Crippen molar-refractivity contribution in [1.29, 1.82) is 0 Å². The number of hydrogen-bond donors (Lipinski definition) is 1. The smallest absolute Gasteiger partial charge is 0.296 e. The van der Waals surface area contributed by atoms with Crippen molar-refractivity contribution in [2.45, 2.75) is 39.8 Å². The number of benzene rings is 1. The lowest BCUT2D eigenvalue weighted by atomic mass is 10.3. The molecular formula is C14H20N3O+. The predicted octanol–water partition coefficient (Wildman–Crippen LogP) is 1.90. The molecule has 0 unspecified atom stereocenters. The summed E-state index contributed by atoms with van der Waals surface area (Å²) in [7, 11) is 0. The summed E-state index contributed by atoms with van der Waals surface area (Å²) in [4.78, 5) is 11.3. The number of hydrogen-bond acceptors (Lipinski definition) is 2. The second-order valence-corrected chi connectivity index (χ2v) is 4.64. The van der Waals surface area contributed by atoms with Crippen LogP contribution < -0.4 is 10.3 Å². The highest BCUT2D eigenvalue weighted by atomic mass is 16.1. The lowest BCUT2D eigenvalue weighted by Crippen LogP contribution is -2.39. The van der Waals surface area contributed by atoms with Crippen LogP contribution in [0.1, 0.15) is 26.7 Å². The van der Waals surface area contributed by atoms with Crippen molar-refractivity contribution in [2.24, 2.45) is 0 Å². The summed E-state index contributed by atoms with van der Waals surface area (Å²) in [5.41, 5.74) is 8.31. The van der Waals surface area contributed by atoms with E-state index in [-0.39, 0.29) is 5.78 Å². The number of carbonyl (C=O) groups is 1. The molecule has 0 spiro atoms. The molecule has 0 saturated carbocycles. The van der Waals surface area contributed by atoms with Gasteiger partial charge in [0.2, 0.25) is 0 Å². The zero-order valence-electron chi connectivity index (χ0n) is 11.0. The number of rotatable bonds is 5. The third kappa shape index (κ3) is 2.23. The molecule has 1 aromatic carbocycles. The third-order valence-corrected chi connectivity index (χ3v) is 3.13. The first-order valence-electron chi connectivity index (χ1n) is 6.41. The van der Waals surface area contributed by atoms with Gasteiger partial charge >= 0.3 is 5.95 Å². The zero-order chi connectivity index (χ0) is 13.1. The quantitative estimate of drug-likeness (QED) is 0.819. The largest absolute Gasteiger partial charge is 0.356 e. The van der Waals surface area contributed by atoms with Crippen LogP contribution in [0, 0.1) is 0 Å². The minimum Gasteiger partial charge on any atom is -0.296 e. The van der Waals surface area contributed by atoms with Crippen molar-refractivity contribution in [3.05, 3.63) is 24.3 Å². The van der Waals surface area contributed by atoms with Crippen LogP contribution in [-0.4, -0.2) is 10.4 Å². The molecule has 2 aromatic rings. The number of carbonyl (C=O) groups excluding carboxylic acids is 1. The Morgan fingerprint density at radius 1 is 1.39 bits per heavy atom. The van der Waals surface area contributed by atoms with E-state index in [9.17, 15) is 4.79 Å². The first-order valence-corrected chi connectivity index (χ1v) is 6.41. The number of Topliss-reactive ketones (excluding diaryl/α,β-unsaturated/α-hetero) is 1. The molecule has 4 nitrogen and oxygen atoms in total. The topological polar surface area (TPSA) is 51.9 Å². The van der Waals surface area contributed by atoms with E-state index < -0.39 is 0 Å². The first kappa shape index (κ1) is 12.6. The standard InChI is InChI=1S/C14H19N3O/c1-3-4-9-16-12-7-5-6-8-13(12)17(14(16)15)10-11(2)18/h5-8,15H,3-4,9-10H2,1-2H3/p+1. The summed E-state index contributed by atoms with van der Waals surface area (Å²) >= 11 is 0. The Kier molecular flexibility index (Phi) is 3.65. The van der Waals surface area contributed by atoms with Gasteiger partial charge in [-0.2, -0.15) is 0 Å². The highest BCUT2D eigenvalue weighted by molar-refractivity contribution is 5.77. The second-order valence-electron chi connectivity index (χ2n) is 4.64. The molecule has 0 bridgehead atoms. The predicted molar refractivity (Wildman–Crippen MR) is 72.1 cm³/mol. The van der Waals surface area contributed by atoms with E-state index >= 15 is 0 Å². The monoisotopic (exact) mass is 246 g/mol. The number of para-hydroxylation sites is 2. The zero-order valence-corrected chi connectivity index (χ0v) is 11.0. The van der Waals surface area contributed by atoms with Gasteiger partial charge in [0, 0.05) is 0 Å². The van der Waals surface area contributed by atoms with Crippen LogP contribution in [0.5, 0.6) is 0 Å². The highest BCUT2D eigenvalue weighted by Gasteiger charge is 2.20. The van der Waals surface area contributed by atoms with Crippen molar-refractivity contribution in [1.82, 2.24) is 4.57 Å². The molecular weight excluding hydrogens is 226 g/mol. The minimum atomic E-state index is 0.116. The van der Waals surface area contributed by atoms with Crippen LogP contribution in [0.2, 0.25) is 0 Å². The van der Waals surface area contributed by atoms with Crippen molar-refractivity contribution in [3.8, 4) is 0 Å². The number of imidazole rings is 1. The van der Waals surface area contributed by atoms with E-state index in [1.54, 1.807) is 6.92 Å². The Bertz CT molecular complexity index is 572. The van der Waals surface area contributed by atoms with Gasteiger partial charge in [-0.1, -0.05) is 25.5 Å². The Morgan fingerprint density at radius 3 is 2.78 bits per heavy atom. The SMILES string of the molecule is CCCCn1c(N)[n+](CC(C)=O)c2ccccc21. The molecule has 0 amide bonds. The van der Waals surface area contributed by atoms with Gasteiger partial charge in [0.25, 0.3) is 0 Å². The summed E-state index contributed by atoms with van der Waals surface area (Å²) in [5.74, 6) is 0.782. The van der Waals surface area contributed by atoms with Crippen molar-refractivity contribution < 1.29 is 9.36 Å². The van der Waals surface area contributed by atoms with Crippen molar-refractivity contribution in [2.75, 3.05) is 5.73 Å². The number of nitrogens with zero attached hydrogens (tertiary/aromatic N) is 2. The fourth-order valence-electron chi connectivity index (χ4n) is 2.25. The number of unbranched alkanes of at least 4 members (excludes halogenated alkanes) is 1. The normalized spacial score (nSPS) is 11.0. The molecule has 2 N–H and O–H groups in total. The summed E-state index contributed by atoms with van der Waals surface area (Å²) < 4.78 is 4.00. The number of fused-ring (bicyclic) bond motifs is 1. The van der Waals surface area contributed by atoms with E-state index in [2.05, 4.69) is 17.6 Å². The minimum absolute atomic E-state index is 0.116. The number of nitrogens with two attached hydrogens (primary N) is 1. The molecule has 1 heterocycles. The summed E-state index contributed by atoms with van der Waals surface area (Å²) in [6.45, 7) is 4.98. The number of ketones is 1. The number of nitrogen functional groups attached to an aromatic ring is 1. The van der Waals surface area contributed by atoms with Gasteiger partial charge in [-0.3, -0.25) is 10.5 Å². The fourth-order valence-corrected chi connectivity index (χ4v) is 2.25. The van der Waals surface area contributed by atoms with Crippen LogP contribution >= 0.6 is 0 Å². The van der Waals surface area contributed by atoms with E-state index in [1.165, 1.54) is 0 Å². The highest BCUT2D eigenvalue weighted by Crippen LogP contribution is 2.16. The third-order valence-electron chi connectivity index (χ3n) is 3.13. The van der Waals surface area contributed by atoms with Crippen LogP contribution in [0.25, 0.3) is 11.0 Å². The lowest BCUT2D eigenvalue weighted by molar-refractivity contribution is -0.644. The molecule has 18 heavy (non-hydrogen) atoms. The van der Waals surface area contributed by atoms with Crippen LogP contribution in [0.3, 0.4) is 0 Å². The van der Waals surface area contributed by atoms with Gasteiger partial charge in [0.1, 0.15) is 17.6 Å². The van der Waals surface area contributed by atoms with E-state index in [0.29, 0.717) is 12.5 Å². The molecule has 4 heteroatoms. The molecule has 2 rings (SSSR count). The molecule has 0 aliphatic heterocycles. The van der Waals surface area contributed by atoms with E-state index in [0.717, 1.165) is 30.4 Å². The molecule has 96 valence electrons. The van der Waals surface area contributed by atoms with Crippen molar-refractivity contribution in [3.63, 3.8) is 0 Å². The van der Waals surface area contributed by atoms with Gasteiger partial charge in [0.05, 0.1) is 6.54 Å². The Balaban J connectivity index is 2.55. The molecule has 0 atom stereocenters. The second kappa shape index (κ2) is 5.21. The Morgan fingerprint density at radius 2 is 2.11 bits per heavy atom. The van der Waals surface area contributed by atoms with Gasteiger partial charge < -0.3 is 0 Å². The number of aromatic nitrogens is 2. The van der Waals surface area contributed by atoms with E-state index in [4.69, 9.17) is 5.73 Å². The Hall–Kier alpha value is -1.84. The average molecular weight is 246 g/mol. The maximum atomic E-state index is 11.3. The van der Waals surface area contributed by atoms with Crippen molar-refractivity contribution >= 4 is 22.8 Å². The van der Waals surface area contributed by atoms with Gasteiger partial charge in [-0.25, -0.2) is 9.13 Å². The molecule has 0 aliphatic carbocycles. The maximum absolute atomic E-state index is 11.3. The first-order chi connectivity index (χ1) is 8.65. The lowest BCUT2D eigenvalue weighted by Gasteiger charge is -1.99. The average Bonchev–Trinajstić information content (AvgIpc) is 2.60. The van der Waals surface area contributed by atoms with Gasteiger partial charge in [-0.15, -0.1) is 0 Å². The number of anilines is 1. The Labute approximate surface area is 107 Å². The van der Waals surface area contributed by atoms with Gasteiger partial charge in [0.15, 0.2) is 5.78 Å². The summed E-state index contributed by atoms with van der Waals surface area (Å²) in [6.07, 6.45) is 2.21. The van der Waals surface area contributed by atoms with Crippen LogP contribution in [-0.2, 0) is 17.9 Å². The molecule has 0 fully saturated rings. The van der Waals surface area contributed by atoms with Gasteiger partial charge in [-0.05, 0) is 25.5 Å². The fraction of sp³-hybridized carbons (Fsp3) is 0.429. The molecule has 0 saturated heterocycles. The molecule has 0 aliphatic rings.